The van der Waals surface area contributed by atoms with Gasteiger partial charge in [-0.1, -0.05) is 6.92 Å². The van der Waals surface area contributed by atoms with Gasteiger partial charge >= 0.3 is 0 Å². The van der Waals surface area contributed by atoms with Crippen molar-refractivity contribution in [3.8, 4) is 0 Å². The molecule has 0 rings (SSSR count). The summed E-state index contributed by atoms with van der Waals surface area (Å²) in [5, 5.41) is 35.6. The summed E-state index contributed by atoms with van der Waals surface area (Å²) < 4.78 is 0. The molecule has 11 heavy (non-hydrogen) atoms. The second-order valence-electron chi connectivity index (χ2n) is 2.55. The van der Waals surface area contributed by atoms with Crippen LogP contribution >= 0.6 is 0 Å². The molecule has 0 heterocycles. The third kappa shape index (κ3) is 3.67. The first kappa shape index (κ1) is 10.8. The molecule has 3 atom stereocenters. The maximum Gasteiger partial charge on any atom is 0.106 e. The van der Waals surface area contributed by atoms with E-state index in [1.807, 2.05) is 0 Å². The molecule has 0 spiro atoms. The van der Waals surface area contributed by atoms with Gasteiger partial charge in [-0.15, -0.1) is 0 Å². The SMILES string of the molecule is CC[C@H](O)[C@@H](O)[C@H](O)CCO. The zero-order chi connectivity index (χ0) is 8.85. The fourth-order valence-corrected chi connectivity index (χ4v) is 0.801. The third-order valence-electron chi connectivity index (χ3n) is 1.63. The summed E-state index contributed by atoms with van der Waals surface area (Å²) in [6, 6.07) is 0. The van der Waals surface area contributed by atoms with Crippen LogP contribution in [0.1, 0.15) is 19.8 Å². The van der Waals surface area contributed by atoms with E-state index < -0.39 is 18.3 Å². The van der Waals surface area contributed by atoms with Gasteiger partial charge in [0, 0.05) is 6.61 Å². The van der Waals surface area contributed by atoms with Crippen LogP contribution < -0.4 is 0 Å². The van der Waals surface area contributed by atoms with E-state index in [0.29, 0.717) is 6.42 Å². The van der Waals surface area contributed by atoms with E-state index in [4.69, 9.17) is 20.4 Å². The van der Waals surface area contributed by atoms with Crippen LogP contribution in [0.2, 0.25) is 0 Å². The standard InChI is InChI=1S/C7H16O4/c1-2-5(9)7(11)6(10)3-4-8/h5-11H,2-4H2,1H3/t5-,6+,7+/m0/s1. The van der Waals surface area contributed by atoms with E-state index in [0.717, 1.165) is 0 Å². The van der Waals surface area contributed by atoms with Crippen molar-refractivity contribution >= 4 is 0 Å². The van der Waals surface area contributed by atoms with Crippen molar-refractivity contribution in [3.63, 3.8) is 0 Å². The van der Waals surface area contributed by atoms with Crippen molar-refractivity contribution in [2.24, 2.45) is 0 Å². The summed E-state index contributed by atoms with van der Waals surface area (Å²) in [6.45, 7) is 1.52. The maximum absolute atomic E-state index is 9.11. The van der Waals surface area contributed by atoms with Crippen LogP contribution in [0.5, 0.6) is 0 Å². The number of rotatable bonds is 5. The smallest absolute Gasteiger partial charge is 0.106 e. The van der Waals surface area contributed by atoms with Crippen LogP contribution in [-0.4, -0.2) is 45.3 Å². The lowest BCUT2D eigenvalue weighted by molar-refractivity contribution is -0.0662. The Bertz CT molecular complexity index is 96.4. The van der Waals surface area contributed by atoms with E-state index in [2.05, 4.69) is 0 Å². The normalized spacial score (nSPS) is 19.4. The molecule has 0 radical (unpaired) electrons. The first-order valence-corrected chi connectivity index (χ1v) is 3.78. The largest absolute Gasteiger partial charge is 0.396 e. The summed E-state index contributed by atoms with van der Waals surface area (Å²) in [5.41, 5.74) is 0. The third-order valence-corrected chi connectivity index (χ3v) is 1.63. The average molecular weight is 164 g/mol. The fraction of sp³-hybridized carbons (Fsp3) is 1.00. The lowest BCUT2D eigenvalue weighted by Crippen LogP contribution is -2.37. The van der Waals surface area contributed by atoms with Gasteiger partial charge in [-0.3, -0.25) is 0 Å². The van der Waals surface area contributed by atoms with Crippen LogP contribution in [0.15, 0.2) is 0 Å². The van der Waals surface area contributed by atoms with Crippen molar-refractivity contribution in [2.45, 2.75) is 38.1 Å². The Morgan fingerprint density at radius 2 is 1.64 bits per heavy atom. The molecule has 0 bridgehead atoms. The van der Waals surface area contributed by atoms with Crippen molar-refractivity contribution in [2.75, 3.05) is 6.61 Å². The van der Waals surface area contributed by atoms with Gasteiger partial charge in [-0.25, -0.2) is 0 Å². The quantitative estimate of drug-likeness (QED) is 0.414. The van der Waals surface area contributed by atoms with E-state index in [1.165, 1.54) is 0 Å². The summed E-state index contributed by atoms with van der Waals surface area (Å²) in [7, 11) is 0. The Labute approximate surface area is 66.1 Å². The highest BCUT2D eigenvalue weighted by atomic mass is 16.4. The molecule has 0 saturated carbocycles. The van der Waals surface area contributed by atoms with Gasteiger partial charge in [0.2, 0.25) is 0 Å². The molecule has 0 aliphatic carbocycles. The van der Waals surface area contributed by atoms with Crippen LogP contribution in [0.4, 0.5) is 0 Å². The monoisotopic (exact) mass is 164 g/mol. The lowest BCUT2D eigenvalue weighted by atomic mass is 10.0. The second-order valence-corrected chi connectivity index (χ2v) is 2.55. The minimum Gasteiger partial charge on any atom is -0.396 e. The molecule has 68 valence electrons. The highest BCUT2D eigenvalue weighted by Crippen LogP contribution is 2.05. The van der Waals surface area contributed by atoms with E-state index in [-0.39, 0.29) is 13.0 Å². The molecule has 0 fully saturated rings. The zero-order valence-electron chi connectivity index (χ0n) is 6.64. The molecule has 0 aliphatic rings. The van der Waals surface area contributed by atoms with Gasteiger partial charge in [0.15, 0.2) is 0 Å². The fourth-order valence-electron chi connectivity index (χ4n) is 0.801. The maximum atomic E-state index is 9.11. The van der Waals surface area contributed by atoms with Crippen molar-refractivity contribution in [1.82, 2.24) is 0 Å². The molecule has 0 aromatic heterocycles. The molecule has 0 aliphatic heterocycles. The highest BCUT2D eigenvalue weighted by molar-refractivity contribution is 4.73. The van der Waals surface area contributed by atoms with E-state index in [1.54, 1.807) is 6.92 Å². The Balaban J connectivity index is 3.70. The van der Waals surface area contributed by atoms with Crippen molar-refractivity contribution in [1.29, 1.82) is 0 Å². The lowest BCUT2D eigenvalue weighted by Gasteiger charge is -2.20. The second kappa shape index (κ2) is 5.49. The van der Waals surface area contributed by atoms with E-state index >= 15 is 0 Å². The molecule has 4 heteroatoms. The Hall–Kier alpha value is -0.160. The molecular weight excluding hydrogens is 148 g/mol. The van der Waals surface area contributed by atoms with Gasteiger partial charge in [-0.2, -0.15) is 0 Å². The Kier molecular flexibility index (Phi) is 5.41. The Morgan fingerprint density at radius 3 is 2.00 bits per heavy atom. The molecule has 0 unspecified atom stereocenters. The molecule has 4 nitrogen and oxygen atoms in total. The van der Waals surface area contributed by atoms with Gasteiger partial charge in [0.25, 0.3) is 0 Å². The molecule has 0 amide bonds. The van der Waals surface area contributed by atoms with Crippen LogP contribution in [0.25, 0.3) is 0 Å². The summed E-state index contributed by atoms with van der Waals surface area (Å²) in [4.78, 5) is 0. The number of aliphatic hydroxyl groups is 4. The topological polar surface area (TPSA) is 80.9 Å². The van der Waals surface area contributed by atoms with Crippen molar-refractivity contribution in [3.05, 3.63) is 0 Å². The first-order chi connectivity index (χ1) is 5.13. The molecular formula is C7H16O4. The van der Waals surface area contributed by atoms with E-state index in [9.17, 15) is 0 Å². The minimum absolute atomic E-state index is 0.0955. The van der Waals surface area contributed by atoms with Gasteiger partial charge in [0.1, 0.15) is 6.10 Å². The zero-order valence-corrected chi connectivity index (χ0v) is 6.64. The van der Waals surface area contributed by atoms with Crippen LogP contribution in [-0.2, 0) is 0 Å². The molecule has 0 aromatic carbocycles. The number of hydrogen-bond donors (Lipinski definition) is 4. The highest BCUT2D eigenvalue weighted by Gasteiger charge is 2.22. The van der Waals surface area contributed by atoms with Crippen molar-refractivity contribution < 1.29 is 20.4 Å². The summed E-state index contributed by atoms with van der Waals surface area (Å²) in [6.07, 6.45) is -2.60. The summed E-state index contributed by atoms with van der Waals surface area (Å²) >= 11 is 0. The van der Waals surface area contributed by atoms with Crippen LogP contribution in [0.3, 0.4) is 0 Å². The van der Waals surface area contributed by atoms with Gasteiger partial charge in [-0.05, 0) is 12.8 Å². The molecule has 0 saturated heterocycles. The van der Waals surface area contributed by atoms with Gasteiger partial charge in [0.05, 0.1) is 12.2 Å². The molecule has 4 N–H and O–H groups in total. The van der Waals surface area contributed by atoms with Gasteiger partial charge < -0.3 is 20.4 Å². The van der Waals surface area contributed by atoms with Crippen LogP contribution in [0, 0.1) is 0 Å². The molecule has 0 aromatic rings. The number of hydrogen-bond acceptors (Lipinski definition) is 4. The predicted octanol–water partition coefficient (Wildman–Crippen LogP) is -1.14. The minimum atomic E-state index is -1.15. The number of aliphatic hydroxyl groups excluding tert-OH is 4. The first-order valence-electron chi connectivity index (χ1n) is 3.78. The predicted molar refractivity (Wildman–Crippen MR) is 40.0 cm³/mol. The average Bonchev–Trinajstić information content (AvgIpc) is 2.02. The Morgan fingerprint density at radius 1 is 1.09 bits per heavy atom. The summed E-state index contributed by atoms with van der Waals surface area (Å²) in [5.74, 6) is 0.